The summed E-state index contributed by atoms with van der Waals surface area (Å²) in [6, 6.07) is 12.4. The van der Waals surface area contributed by atoms with Gasteiger partial charge >= 0.3 is 5.97 Å². The van der Waals surface area contributed by atoms with Crippen LogP contribution in [0.25, 0.3) is 10.8 Å². The topological polar surface area (TPSA) is 95.9 Å². The largest absolute Gasteiger partial charge is 0.466 e. The number of carbonyl (C=O) groups is 3. The molecule has 3 unspecified atom stereocenters. The highest BCUT2D eigenvalue weighted by molar-refractivity contribution is 8.02. The number of carbonyl (C=O) groups excluding carboxylic acids is 3. The van der Waals surface area contributed by atoms with Gasteiger partial charge in [-0.25, -0.2) is 0 Å². The Labute approximate surface area is 215 Å². The van der Waals surface area contributed by atoms with Crippen LogP contribution in [-0.4, -0.2) is 63.1 Å². The van der Waals surface area contributed by atoms with Gasteiger partial charge in [-0.2, -0.15) is 0 Å². The van der Waals surface area contributed by atoms with Crippen molar-refractivity contribution in [2.24, 2.45) is 23.7 Å². The zero-order valence-corrected chi connectivity index (χ0v) is 22.0. The summed E-state index contributed by atoms with van der Waals surface area (Å²) < 4.78 is 4.65. The number of aliphatic hydroxyl groups excluding tert-OH is 1. The van der Waals surface area contributed by atoms with E-state index < -0.39 is 28.7 Å². The van der Waals surface area contributed by atoms with Crippen molar-refractivity contribution >= 4 is 46.0 Å². The first kappa shape index (κ1) is 25.1. The van der Waals surface area contributed by atoms with Crippen molar-refractivity contribution in [3.05, 3.63) is 42.5 Å². The summed E-state index contributed by atoms with van der Waals surface area (Å²) in [6.45, 7) is 7.72. The van der Waals surface area contributed by atoms with E-state index in [4.69, 9.17) is 4.74 Å². The molecule has 7 atom stereocenters. The lowest BCUT2D eigenvalue weighted by molar-refractivity contribution is -0.154. The zero-order chi connectivity index (χ0) is 25.8. The number of ether oxygens (including phenoxy) is 1. The Hall–Kier alpha value is -2.58. The molecule has 3 heterocycles. The van der Waals surface area contributed by atoms with Crippen molar-refractivity contribution in [1.82, 2.24) is 4.90 Å². The molecule has 0 saturated carbocycles. The maximum absolute atomic E-state index is 14.1. The molecule has 2 amide bonds. The molecule has 0 radical (unpaired) electrons. The van der Waals surface area contributed by atoms with Gasteiger partial charge in [0.15, 0.2) is 0 Å². The summed E-state index contributed by atoms with van der Waals surface area (Å²) in [5.74, 6) is -2.09. The Morgan fingerprint density at radius 1 is 1.22 bits per heavy atom. The van der Waals surface area contributed by atoms with Crippen LogP contribution >= 0.6 is 11.8 Å². The predicted molar refractivity (Wildman–Crippen MR) is 140 cm³/mol. The Morgan fingerprint density at radius 3 is 2.61 bits per heavy atom. The summed E-state index contributed by atoms with van der Waals surface area (Å²) >= 11 is 1.61. The number of esters is 1. The molecule has 36 heavy (non-hydrogen) atoms. The van der Waals surface area contributed by atoms with Crippen LogP contribution in [0.3, 0.4) is 0 Å². The number of fused-ring (bicyclic) bond motifs is 2. The fourth-order valence-corrected chi connectivity index (χ4v) is 9.12. The average molecular weight is 511 g/mol. The molecule has 5 rings (SSSR count). The first-order chi connectivity index (χ1) is 17.2. The average Bonchev–Trinajstić information content (AvgIpc) is 3.43. The first-order valence-corrected chi connectivity index (χ1v) is 13.7. The quantitative estimate of drug-likeness (QED) is 0.552. The normalized spacial score (nSPS) is 31.7. The van der Waals surface area contributed by atoms with E-state index in [1.807, 2.05) is 56.3 Å². The molecule has 2 bridgehead atoms. The predicted octanol–water partition coefficient (Wildman–Crippen LogP) is 3.70. The Bertz CT molecular complexity index is 1200. The van der Waals surface area contributed by atoms with E-state index in [0.29, 0.717) is 5.69 Å². The highest BCUT2D eigenvalue weighted by Gasteiger charge is 2.77. The maximum Gasteiger partial charge on any atom is 0.310 e. The molecule has 2 aromatic carbocycles. The van der Waals surface area contributed by atoms with E-state index in [1.165, 1.54) is 0 Å². The second-order valence-corrected chi connectivity index (χ2v) is 12.1. The van der Waals surface area contributed by atoms with Gasteiger partial charge in [-0.05, 0) is 48.1 Å². The minimum atomic E-state index is -0.801. The molecule has 2 N–H and O–H groups in total. The summed E-state index contributed by atoms with van der Waals surface area (Å²) in [6.07, 6.45) is 0.747. The minimum absolute atomic E-state index is 0.0518. The van der Waals surface area contributed by atoms with Gasteiger partial charge in [0.25, 0.3) is 0 Å². The smallest absolute Gasteiger partial charge is 0.310 e. The SMILES string of the molecule is CCOC(=O)[C@@H]1[C@@H]2CC(C)C3(S2)C(C(=O)Nc2ccc4ccccc4c2)N([C@@H](CO)C(C)C)C(=O)[C@H]13. The fraction of sp³-hybridized carbons (Fsp3) is 0.536. The number of likely N-dealkylation sites (tertiary alicyclic amines) is 1. The van der Waals surface area contributed by atoms with Gasteiger partial charge in [0.1, 0.15) is 6.04 Å². The van der Waals surface area contributed by atoms with Gasteiger partial charge in [0.2, 0.25) is 11.8 Å². The van der Waals surface area contributed by atoms with Crippen LogP contribution in [0.5, 0.6) is 0 Å². The van der Waals surface area contributed by atoms with Gasteiger partial charge in [-0.1, -0.05) is 51.1 Å². The maximum atomic E-state index is 14.1. The number of nitrogens with zero attached hydrogens (tertiary/aromatic N) is 1. The molecule has 3 saturated heterocycles. The fourth-order valence-electron chi connectivity index (χ4n) is 6.72. The molecule has 192 valence electrons. The number of benzene rings is 2. The van der Waals surface area contributed by atoms with E-state index in [9.17, 15) is 19.5 Å². The van der Waals surface area contributed by atoms with Crippen LogP contribution in [-0.2, 0) is 19.1 Å². The van der Waals surface area contributed by atoms with Crippen LogP contribution in [0.2, 0.25) is 0 Å². The lowest BCUT2D eigenvalue weighted by Gasteiger charge is -2.40. The third-order valence-corrected chi connectivity index (χ3v) is 10.4. The molecule has 2 aromatic rings. The minimum Gasteiger partial charge on any atom is -0.466 e. The molecule has 1 spiro atoms. The van der Waals surface area contributed by atoms with Crippen LogP contribution in [0.15, 0.2) is 42.5 Å². The van der Waals surface area contributed by atoms with Gasteiger partial charge in [0.05, 0.1) is 35.8 Å². The molecular formula is C28H34N2O5S. The Balaban J connectivity index is 1.57. The standard InChI is InChI=1S/C28H34N2O5S/c1-5-35-27(34)22-21-12-16(4)28(36-21)23(22)26(33)30(20(14-31)15(2)3)24(28)25(32)29-19-11-10-17-8-6-7-9-18(17)13-19/h6-11,13,15-16,20-24,31H,5,12,14H2,1-4H3,(H,29,32)/t16?,20-,21-,22+,23-,24?,28?/m0/s1. The second kappa shape index (κ2) is 9.38. The molecule has 3 aliphatic heterocycles. The molecular weight excluding hydrogens is 476 g/mol. The van der Waals surface area contributed by atoms with Crippen molar-refractivity contribution in [2.75, 3.05) is 18.5 Å². The monoisotopic (exact) mass is 510 g/mol. The van der Waals surface area contributed by atoms with E-state index >= 15 is 0 Å². The third kappa shape index (κ3) is 3.64. The van der Waals surface area contributed by atoms with Gasteiger partial charge in [-0.3, -0.25) is 14.4 Å². The van der Waals surface area contributed by atoms with Crippen LogP contribution in [0.4, 0.5) is 5.69 Å². The summed E-state index contributed by atoms with van der Waals surface area (Å²) in [5, 5.41) is 15.4. The number of hydrogen-bond acceptors (Lipinski definition) is 6. The van der Waals surface area contributed by atoms with Crippen LogP contribution in [0, 0.1) is 23.7 Å². The Kier molecular flexibility index (Phi) is 6.53. The molecule has 3 fully saturated rings. The van der Waals surface area contributed by atoms with Gasteiger partial charge in [-0.15, -0.1) is 11.8 Å². The van der Waals surface area contributed by atoms with Crippen molar-refractivity contribution in [1.29, 1.82) is 0 Å². The number of thioether (sulfide) groups is 1. The summed E-state index contributed by atoms with van der Waals surface area (Å²) in [5.41, 5.74) is 0.656. The van der Waals surface area contributed by atoms with Crippen LogP contribution < -0.4 is 5.32 Å². The number of hydrogen-bond donors (Lipinski definition) is 2. The van der Waals surface area contributed by atoms with Gasteiger partial charge < -0.3 is 20.1 Å². The van der Waals surface area contributed by atoms with E-state index in [0.717, 1.165) is 17.2 Å². The lowest BCUT2D eigenvalue weighted by Crippen LogP contribution is -2.57. The van der Waals surface area contributed by atoms with Crippen molar-refractivity contribution < 1.29 is 24.2 Å². The third-order valence-electron chi connectivity index (χ3n) is 8.32. The molecule has 0 aromatic heterocycles. The van der Waals surface area contributed by atoms with E-state index in [1.54, 1.807) is 23.6 Å². The number of nitrogens with one attached hydrogen (secondary N) is 1. The summed E-state index contributed by atoms with van der Waals surface area (Å²) in [4.78, 5) is 42.8. The van der Waals surface area contributed by atoms with Crippen molar-refractivity contribution in [2.45, 2.75) is 56.2 Å². The van der Waals surface area contributed by atoms with E-state index in [2.05, 4.69) is 12.2 Å². The summed E-state index contributed by atoms with van der Waals surface area (Å²) in [7, 11) is 0. The number of anilines is 1. The molecule has 0 aliphatic carbocycles. The van der Waals surface area contributed by atoms with Crippen LogP contribution in [0.1, 0.15) is 34.1 Å². The number of rotatable bonds is 7. The molecule has 8 heteroatoms. The molecule has 3 aliphatic rings. The highest BCUT2D eigenvalue weighted by atomic mass is 32.2. The first-order valence-electron chi connectivity index (χ1n) is 12.8. The zero-order valence-electron chi connectivity index (χ0n) is 21.1. The number of amides is 2. The van der Waals surface area contributed by atoms with Crippen molar-refractivity contribution in [3.8, 4) is 0 Å². The van der Waals surface area contributed by atoms with E-state index in [-0.39, 0.29) is 48.1 Å². The van der Waals surface area contributed by atoms with Crippen molar-refractivity contribution in [3.63, 3.8) is 0 Å². The Morgan fingerprint density at radius 2 is 1.94 bits per heavy atom. The lowest BCUT2D eigenvalue weighted by atomic mass is 9.66. The number of aliphatic hydroxyl groups is 1. The highest BCUT2D eigenvalue weighted by Crippen LogP contribution is 2.69. The van der Waals surface area contributed by atoms with Gasteiger partial charge in [0, 0.05) is 10.9 Å². The second-order valence-electron chi connectivity index (χ2n) is 10.6. The molecule has 7 nitrogen and oxygen atoms in total.